The largest absolute Gasteiger partial charge is 0.395 e. The van der Waals surface area contributed by atoms with E-state index in [1.54, 1.807) is 6.07 Å². The number of benzene rings is 3. The molecule has 0 spiro atoms. The van der Waals surface area contributed by atoms with Crippen molar-refractivity contribution in [2.45, 2.75) is 0 Å². The summed E-state index contributed by atoms with van der Waals surface area (Å²) >= 11 is 6.36. The zero-order valence-electron chi connectivity index (χ0n) is 14.2. The first-order chi connectivity index (χ1) is 12.7. The van der Waals surface area contributed by atoms with E-state index >= 15 is 0 Å². The Morgan fingerprint density at radius 3 is 2.12 bits per heavy atom. The van der Waals surface area contributed by atoms with Crippen molar-refractivity contribution in [3.05, 3.63) is 71.2 Å². The molecule has 0 atom stereocenters. The zero-order chi connectivity index (χ0) is 18.5. The molecule has 0 saturated heterocycles. The predicted octanol–water partition coefficient (Wildman–Crippen LogP) is 3.59. The van der Waals surface area contributed by atoms with Crippen molar-refractivity contribution < 1.29 is 15.0 Å². The number of rotatable bonds is 6. The standard InChI is InChI=1S/C21H20ClNO3/c22-20-10-2-1-5-18(20)16-7-3-8-17-15(16)6-4-9-19(17)21(26)23(11-13-24)12-14-25/h1-10,24-25H,11-14H2. The summed E-state index contributed by atoms with van der Waals surface area (Å²) in [6.07, 6.45) is 0. The zero-order valence-corrected chi connectivity index (χ0v) is 15.0. The van der Waals surface area contributed by atoms with Gasteiger partial charge in [0.05, 0.1) is 13.2 Å². The van der Waals surface area contributed by atoms with Gasteiger partial charge in [-0.1, -0.05) is 60.1 Å². The van der Waals surface area contributed by atoms with Crippen LogP contribution in [0.1, 0.15) is 10.4 Å². The van der Waals surface area contributed by atoms with Gasteiger partial charge in [-0.3, -0.25) is 4.79 Å². The molecule has 26 heavy (non-hydrogen) atoms. The molecule has 0 radical (unpaired) electrons. The number of hydrogen-bond donors (Lipinski definition) is 2. The van der Waals surface area contributed by atoms with Crippen LogP contribution in [0, 0.1) is 0 Å². The van der Waals surface area contributed by atoms with E-state index in [2.05, 4.69) is 0 Å². The van der Waals surface area contributed by atoms with Crippen LogP contribution in [0.4, 0.5) is 0 Å². The molecule has 5 heteroatoms. The van der Waals surface area contributed by atoms with Gasteiger partial charge in [0.15, 0.2) is 0 Å². The molecule has 0 saturated carbocycles. The van der Waals surface area contributed by atoms with Crippen LogP contribution in [0.5, 0.6) is 0 Å². The summed E-state index contributed by atoms with van der Waals surface area (Å²) in [6.45, 7) is 0.0583. The number of halogens is 1. The number of fused-ring (bicyclic) bond motifs is 1. The first-order valence-corrected chi connectivity index (χ1v) is 8.82. The minimum Gasteiger partial charge on any atom is -0.395 e. The molecule has 0 aliphatic carbocycles. The van der Waals surface area contributed by atoms with E-state index in [9.17, 15) is 15.0 Å². The van der Waals surface area contributed by atoms with Gasteiger partial charge in [0.1, 0.15) is 0 Å². The number of aliphatic hydroxyl groups is 2. The molecule has 0 aromatic heterocycles. The fourth-order valence-electron chi connectivity index (χ4n) is 3.14. The van der Waals surface area contributed by atoms with Gasteiger partial charge in [0.25, 0.3) is 5.91 Å². The van der Waals surface area contributed by atoms with E-state index in [1.807, 2.05) is 54.6 Å². The van der Waals surface area contributed by atoms with Crippen molar-refractivity contribution >= 4 is 28.3 Å². The van der Waals surface area contributed by atoms with Crippen LogP contribution in [-0.4, -0.2) is 47.3 Å². The average Bonchev–Trinajstić information content (AvgIpc) is 2.67. The molecule has 4 nitrogen and oxygen atoms in total. The van der Waals surface area contributed by atoms with Gasteiger partial charge in [-0.2, -0.15) is 0 Å². The molecule has 3 aromatic carbocycles. The molecule has 3 rings (SSSR count). The van der Waals surface area contributed by atoms with Gasteiger partial charge in [-0.25, -0.2) is 0 Å². The molecular weight excluding hydrogens is 350 g/mol. The van der Waals surface area contributed by atoms with Crippen LogP contribution in [-0.2, 0) is 0 Å². The van der Waals surface area contributed by atoms with Gasteiger partial charge < -0.3 is 15.1 Å². The van der Waals surface area contributed by atoms with Gasteiger partial charge in [-0.05, 0) is 28.5 Å². The molecular formula is C21H20ClNO3. The highest BCUT2D eigenvalue weighted by Gasteiger charge is 2.18. The first-order valence-electron chi connectivity index (χ1n) is 8.45. The molecule has 0 aliphatic heterocycles. The van der Waals surface area contributed by atoms with Crippen molar-refractivity contribution in [1.82, 2.24) is 4.90 Å². The van der Waals surface area contributed by atoms with Crippen LogP contribution in [0.25, 0.3) is 21.9 Å². The van der Waals surface area contributed by atoms with Gasteiger partial charge in [-0.15, -0.1) is 0 Å². The monoisotopic (exact) mass is 369 g/mol. The number of amides is 1. The van der Waals surface area contributed by atoms with E-state index in [4.69, 9.17) is 11.6 Å². The fourth-order valence-corrected chi connectivity index (χ4v) is 3.38. The van der Waals surface area contributed by atoms with Crippen LogP contribution in [0.3, 0.4) is 0 Å². The summed E-state index contributed by atoms with van der Waals surface area (Å²) in [5.74, 6) is -0.213. The Balaban J connectivity index is 2.14. The second-order valence-electron chi connectivity index (χ2n) is 5.93. The Morgan fingerprint density at radius 2 is 1.42 bits per heavy atom. The quantitative estimate of drug-likeness (QED) is 0.698. The number of nitrogens with zero attached hydrogens (tertiary/aromatic N) is 1. The second-order valence-corrected chi connectivity index (χ2v) is 6.33. The number of aliphatic hydroxyl groups excluding tert-OH is 2. The lowest BCUT2D eigenvalue weighted by molar-refractivity contribution is 0.0687. The minimum absolute atomic E-state index is 0.151. The topological polar surface area (TPSA) is 60.8 Å². The third kappa shape index (κ3) is 3.58. The first kappa shape index (κ1) is 18.4. The minimum atomic E-state index is -0.213. The molecule has 0 bridgehead atoms. The summed E-state index contributed by atoms with van der Waals surface area (Å²) in [5.41, 5.74) is 2.41. The van der Waals surface area contributed by atoms with Crippen LogP contribution in [0.2, 0.25) is 5.02 Å². The highest BCUT2D eigenvalue weighted by molar-refractivity contribution is 6.33. The second kappa shape index (κ2) is 8.32. The third-order valence-electron chi connectivity index (χ3n) is 4.34. The smallest absolute Gasteiger partial charge is 0.254 e. The number of carbonyl (C=O) groups excluding carboxylic acids is 1. The van der Waals surface area contributed by atoms with E-state index in [1.165, 1.54) is 4.90 Å². The summed E-state index contributed by atoms with van der Waals surface area (Å²) < 4.78 is 0. The van der Waals surface area contributed by atoms with E-state index in [0.29, 0.717) is 10.6 Å². The van der Waals surface area contributed by atoms with Crippen molar-refractivity contribution in [3.8, 4) is 11.1 Å². The van der Waals surface area contributed by atoms with E-state index < -0.39 is 0 Å². The Labute approximate surface area is 157 Å². The number of carbonyl (C=O) groups is 1. The fraction of sp³-hybridized carbons (Fsp3) is 0.190. The highest BCUT2D eigenvalue weighted by Crippen LogP contribution is 2.34. The summed E-state index contributed by atoms with van der Waals surface area (Å²) in [4.78, 5) is 14.4. The molecule has 2 N–H and O–H groups in total. The van der Waals surface area contributed by atoms with Gasteiger partial charge >= 0.3 is 0 Å². The van der Waals surface area contributed by atoms with Crippen LogP contribution in [0.15, 0.2) is 60.7 Å². The predicted molar refractivity (Wildman–Crippen MR) is 104 cm³/mol. The van der Waals surface area contributed by atoms with E-state index in [-0.39, 0.29) is 32.2 Å². The van der Waals surface area contributed by atoms with Crippen molar-refractivity contribution in [1.29, 1.82) is 0 Å². The molecule has 0 unspecified atom stereocenters. The summed E-state index contributed by atoms with van der Waals surface area (Å²) in [6, 6.07) is 19.0. The Bertz CT molecular complexity index is 920. The SMILES string of the molecule is O=C(c1cccc2c(-c3ccccc3Cl)cccc12)N(CCO)CCO. The van der Waals surface area contributed by atoms with Crippen molar-refractivity contribution in [2.24, 2.45) is 0 Å². The normalized spacial score (nSPS) is 10.9. The van der Waals surface area contributed by atoms with E-state index in [0.717, 1.165) is 21.9 Å². The Hall–Kier alpha value is -2.40. The average molecular weight is 370 g/mol. The van der Waals surface area contributed by atoms with Gasteiger partial charge in [0.2, 0.25) is 0 Å². The third-order valence-corrected chi connectivity index (χ3v) is 4.67. The Kier molecular flexibility index (Phi) is 5.89. The van der Waals surface area contributed by atoms with Crippen LogP contribution >= 0.6 is 11.6 Å². The molecule has 134 valence electrons. The summed E-state index contributed by atoms with van der Waals surface area (Å²) in [5, 5.41) is 20.8. The number of hydrogen-bond acceptors (Lipinski definition) is 3. The lowest BCUT2D eigenvalue weighted by Gasteiger charge is -2.22. The Morgan fingerprint density at radius 1 is 0.808 bits per heavy atom. The molecule has 3 aromatic rings. The molecule has 0 fully saturated rings. The van der Waals surface area contributed by atoms with Crippen molar-refractivity contribution in [2.75, 3.05) is 26.3 Å². The lowest BCUT2D eigenvalue weighted by atomic mass is 9.95. The van der Waals surface area contributed by atoms with Crippen molar-refractivity contribution in [3.63, 3.8) is 0 Å². The maximum absolute atomic E-state index is 12.9. The van der Waals surface area contributed by atoms with Crippen LogP contribution < -0.4 is 0 Å². The molecule has 0 aliphatic rings. The van der Waals surface area contributed by atoms with Gasteiger partial charge in [0, 0.05) is 29.2 Å². The maximum atomic E-state index is 12.9. The molecule has 0 heterocycles. The highest BCUT2D eigenvalue weighted by atomic mass is 35.5. The lowest BCUT2D eigenvalue weighted by Crippen LogP contribution is -2.35. The molecule has 1 amide bonds. The maximum Gasteiger partial charge on any atom is 0.254 e. The summed E-state index contributed by atoms with van der Waals surface area (Å²) in [7, 11) is 0.